The minimum absolute atomic E-state index is 0.0830. The first kappa shape index (κ1) is 33.2. The third-order valence-corrected chi connectivity index (χ3v) is 10.5. The number of allylic oxidation sites excluding steroid dienone is 4. The first-order chi connectivity index (χ1) is 21.6. The summed E-state index contributed by atoms with van der Waals surface area (Å²) in [6.45, 7) is 1.20. The van der Waals surface area contributed by atoms with Gasteiger partial charge in [0.25, 0.3) is 5.09 Å². The molecule has 0 saturated heterocycles. The lowest BCUT2D eigenvalue weighted by Crippen LogP contribution is -2.69. The lowest BCUT2D eigenvalue weighted by molar-refractivity contribution is -0.763. The van der Waals surface area contributed by atoms with Gasteiger partial charge in [-0.3, -0.25) is 9.59 Å². The van der Waals surface area contributed by atoms with Crippen LogP contribution in [0.3, 0.4) is 0 Å². The molecule has 46 heavy (non-hydrogen) atoms. The molecule has 4 N–H and O–H groups in total. The molecule has 4 aliphatic carbocycles. The van der Waals surface area contributed by atoms with Crippen molar-refractivity contribution in [3.05, 3.63) is 63.7 Å². The number of hydrogen-bond donors (Lipinski definition) is 4. The summed E-state index contributed by atoms with van der Waals surface area (Å²) in [7, 11) is 0. The van der Waals surface area contributed by atoms with E-state index in [-0.39, 0.29) is 37.4 Å². The topological polar surface area (TPSA) is 212 Å². The number of alkyl carbamates (subject to hydrolysis) is 1. The van der Waals surface area contributed by atoms with Crippen molar-refractivity contribution < 1.29 is 58.3 Å². The number of amides is 1. The van der Waals surface area contributed by atoms with E-state index in [1.807, 2.05) is 0 Å². The number of nitrogens with zero attached hydrogens (tertiary/aromatic N) is 1. The summed E-state index contributed by atoms with van der Waals surface area (Å²) in [6.07, 6.45) is -0.286. The number of Topliss-reactive ketones (excluding diaryl/α,β-unsaturated/α-hetero) is 1. The molecule has 248 valence electrons. The Labute approximate surface area is 262 Å². The molecule has 4 aliphatic rings. The van der Waals surface area contributed by atoms with Gasteiger partial charge in [0.05, 0.1) is 12.2 Å². The van der Waals surface area contributed by atoms with Gasteiger partial charge in [-0.1, -0.05) is 30.7 Å². The summed E-state index contributed by atoms with van der Waals surface area (Å²) >= 11 is 0. The highest BCUT2D eigenvalue weighted by Gasteiger charge is 2.76. The number of aliphatic hydroxyl groups excluding tert-OH is 2. The van der Waals surface area contributed by atoms with Crippen LogP contribution < -0.4 is 10.1 Å². The van der Waals surface area contributed by atoms with Crippen molar-refractivity contribution >= 4 is 23.6 Å². The van der Waals surface area contributed by atoms with Crippen molar-refractivity contribution in [2.75, 3.05) is 13.2 Å². The zero-order valence-corrected chi connectivity index (χ0v) is 25.1. The fourth-order valence-corrected chi connectivity index (χ4v) is 8.11. The summed E-state index contributed by atoms with van der Waals surface area (Å²) in [5, 5.41) is 45.6. The Balaban J connectivity index is 1.19. The Morgan fingerprint density at radius 1 is 1.13 bits per heavy atom. The van der Waals surface area contributed by atoms with Gasteiger partial charge in [-0.15, -0.1) is 10.1 Å². The molecule has 3 fully saturated rings. The van der Waals surface area contributed by atoms with Crippen LogP contribution in [0.5, 0.6) is 5.75 Å². The molecule has 0 heterocycles. The predicted octanol–water partition coefficient (Wildman–Crippen LogP) is 1.67. The van der Waals surface area contributed by atoms with Gasteiger partial charge < -0.3 is 34.9 Å². The van der Waals surface area contributed by atoms with E-state index >= 15 is 4.39 Å². The molecule has 1 aromatic carbocycles. The monoisotopic (exact) mass is 646 g/mol. The van der Waals surface area contributed by atoms with Crippen LogP contribution >= 0.6 is 0 Å². The fraction of sp³-hybridized carbons (Fsp3) is 0.548. The van der Waals surface area contributed by atoms with Crippen LogP contribution in [0.1, 0.15) is 45.1 Å². The van der Waals surface area contributed by atoms with Gasteiger partial charge in [0, 0.05) is 16.7 Å². The van der Waals surface area contributed by atoms with Crippen LogP contribution in [0.4, 0.5) is 9.18 Å². The molecule has 0 bridgehead atoms. The summed E-state index contributed by atoms with van der Waals surface area (Å²) in [4.78, 5) is 64.4. The molecule has 1 aromatic rings. The number of benzene rings is 1. The van der Waals surface area contributed by atoms with Crippen molar-refractivity contribution in [3.8, 4) is 5.75 Å². The van der Waals surface area contributed by atoms with E-state index in [1.165, 1.54) is 49.4 Å². The molecule has 0 unspecified atom stereocenters. The van der Waals surface area contributed by atoms with Gasteiger partial charge in [-0.05, 0) is 68.4 Å². The molecular weight excluding hydrogens is 611 g/mol. The minimum atomic E-state index is -2.48. The third-order valence-electron chi connectivity index (χ3n) is 10.5. The van der Waals surface area contributed by atoms with Gasteiger partial charge in [0.1, 0.15) is 18.9 Å². The molecule has 5 rings (SSSR count). The van der Waals surface area contributed by atoms with E-state index in [2.05, 4.69) is 10.2 Å². The van der Waals surface area contributed by atoms with Crippen LogP contribution in [0.2, 0.25) is 0 Å². The Morgan fingerprint density at radius 3 is 2.50 bits per heavy atom. The first-order valence-corrected chi connectivity index (χ1v) is 14.8. The number of carbonyl (C=O) groups excluding carboxylic acids is 4. The van der Waals surface area contributed by atoms with Crippen LogP contribution in [0.25, 0.3) is 0 Å². The van der Waals surface area contributed by atoms with Gasteiger partial charge in [0.15, 0.2) is 23.7 Å². The average Bonchev–Trinajstić information content (AvgIpc) is 3.20. The molecule has 0 radical (unpaired) electrons. The van der Waals surface area contributed by atoms with Crippen molar-refractivity contribution in [2.45, 2.75) is 69.6 Å². The zero-order valence-electron chi connectivity index (χ0n) is 25.1. The quantitative estimate of drug-likeness (QED) is 0.131. The van der Waals surface area contributed by atoms with Gasteiger partial charge in [0.2, 0.25) is 5.78 Å². The first-order valence-electron chi connectivity index (χ1n) is 14.8. The normalized spacial score (nSPS) is 36.0. The van der Waals surface area contributed by atoms with Crippen molar-refractivity contribution in [2.24, 2.45) is 22.7 Å². The lowest BCUT2D eigenvalue weighted by Gasteiger charge is -2.62. The van der Waals surface area contributed by atoms with Crippen molar-refractivity contribution in [1.29, 1.82) is 0 Å². The third kappa shape index (κ3) is 5.25. The highest BCUT2D eigenvalue weighted by Crippen LogP contribution is 2.69. The molecule has 0 spiro atoms. The van der Waals surface area contributed by atoms with Crippen LogP contribution in [-0.2, 0) is 30.6 Å². The summed E-state index contributed by atoms with van der Waals surface area (Å²) in [5.74, 6) is -3.73. The van der Waals surface area contributed by atoms with Crippen LogP contribution in [0.15, 0.2) is 48.1 Å². The van der Waals surface area contributed by atoms with E-state index in [0.29, 0.717) is 17.6 Å². The van der Waals surface area contributed by atoms with E-state index in [0.717, 1.165) is 0 Å². The standard InChI is InChI=1S/C31H35FN2O12/c1-28-10-9-19(35)11-18(28)5-8-21-22-12-23(36)31(41,29(22,2)13-24(37)30(21,28)32)25(38)16-44-27(40)33-14-26(39)46-20-6-3-17(4-7-20)15-45-34(42)43/h3-4,6-7,9-11,21-24,36-37,41H,5,8,12-16H2,1-2H3,(H,33,40)/t21-,22-,23+,24-,28-,29-,30-,31-/m0/s1. The predicted molar refractivity (Wildman–Crippen MR) is 153 cm³/mol. The number of esters is 1. The van der Waals surface area contributed by atoms with Crippen LogP contribution in [0, 0.1) is 32.8 Å². The Bertz CT molecular complexity index is 1510. The maximum atomic E-state index is 17.2. The number of rotatable bonds is 9. The largest absolute Gasteiger partial charge is 0.441 e. The fourth-order valence-electron chi connectivity index (χ4n) is 8.11. The Hall–Kier alpha value is -4.21. The summed E-state index contributed by atoms with van der Waals surface area (Å²) in [5.41, 5.74) is -6.48. The molecule has 3 saturated carbocycles. The second-order valence-electron chi connectivity index (χ2n) is 12.8. The molecule has 14 nitrogen and oxygen atoms in total. The van der Waals surface area contributed by atoms with E-state index in [9.17, 15) is 44.6 Å². The molecular formula is C31H35FN2O12. The number of hydrogen-bond acceptors (Lipinski definition) is 12. The number of aliphatic hydroxyl groups is 3. The smallest absolute Gasteiger partial charge is 0.408 e. The number of halogens is 1. The number of alkyl halides is 1. The van der Waals surface area contributed by atoms with E-state index in [4.69, 9.17) is 9.47 Å². The zero-order chi connectivity index (χ0) is 33.7. The molecule has 0 aliphatic heterocycles. The van der Waals surface area contributed by atoms with Gasteiger partial charge in [-0.25, -0.2) is 14.0 Å². The average molecular weight is 647 g/mol. The second kappa shape index (κ2) is 11.9. The maximum absolute atomic E-state index is 17.2. The second-order valence-corrected chi connectivity index (χ2v) is 12.8. The van der Waals surface area contributed by atoms with E-state index < -0.39 is 82.2 Å². The number of nitrogens with one attached hydrogen (secondary N) is 1. The van der Waals surface area contributed by atoms with Crippen molar-refractivity contribution in [1.82, 2.24) is 5.32 Å². The number of fused-ring (bicyclic) bond motifs is 5. The SMILES string of the molecule is C[C@]12C=CC(=O)C=C1CC[C@H]1[C@@H]3C[C@@H](O)[C@](O)(C(=O)COC(=O)NCC(=O)Oc4ccc(CO[N+](=O)[O-])cc4)[C@@]3(C)C[C@H](O)[C@@]12F. The van der Waals surface area contributed by atoms with Crippen molar-refractivity contribution in [3.63, 3.8) is 0 Å². The maximum Gasteiger partial charge on any atom is 0.408 e. The van der Waals surface area contributed by atoms with Gasteiger partial charge in [-0.2, -0.15) is 0 Å². The van der Waals surface area contributed by atoms with Gasteiger partial charge >= 0.3 is 12.1 Å². The van der Waals surface area contributed by atoms with E-state index in [1.54, 1.807) is 6.92 Å². The number of ketones is 2. The summed E-state index contributed by atoms with van der Waals surface area (Å²) in [6, 6.07) is 5.59. The van der Waals surface area contributed by atoms with Crippen LogP contribution in [-0.4, -0.2) is 80.7 Å². The molecule has 15 heteroatoms. The Morgan fingerprint density at radius 2 is 1.83 bits per heavy atom. The minimum Gasteiger partial charge on any atom is -0.441 e. The molecule has 1 amide bonds. The Kier molecular flexibility index (Phi) is 8.55. The molecule has 0 aromatic heterocycles. The summed E-state index contributed by atoms with van der Waals surface area (Å²) < 4.78 is 27.2. The highest BCUT2D eigenvalue weighted by atomic mass is 19.1. The highest BCUT2D eigenvalue weighted by molar-refractivity contribution is 6.01. The lowest BCUT2D eigenvalue weighted by atomic mass is 9.44. The number of ether oxygens (including phenoxy) is 2. The number of carbonyl (C=O) groups is 4. The molecule has 8 atom stereocenters.